The summed E-state index contributed by atoms with van der Waals surface area (Å²) in [5, 5.41) is 75.0. The van der Waals surface area contributed by atoms with E-state index < -0.39 is 0 Å². The van der Waals surface area contributed by atoms with Crippen LogP contribution in [-0.4, -0.2) is 0 Å². The molecule has 0 saturated heterocycles. The molecule has 0 spiro atoms. The van der Waals surface area contributed by atoms with E-state index in [-0.39, 0.29) is 83.9 Å². The minimum atomic E-state index is 0. The topological polar surface area (TPSA) is 285 Å². The van der Waals surface area contributed by atoms with Crippen molar-refractivity contribution in [3.63, 3.8) is 0 Å². The van der Waals surface area contributed by atoms with Gasteiger partial charge in [0.15, 0.2) is 0 Å². The predicted molar refractivity (Wildman–Crippen MR) is 59.6 cm³/mol. The van der Waals surface area contributed by atoms with Crippen LogP contribution >= 0.6 is 0 Å². The average molecular weight is 607 g/mol. The van der Waals surface area contributed by atoms with Crippen molar-refractivity contribution in [2.24, 2.45) is 0 Å². The molecule has 0 bridgehead atoms. The van der Waals surface area contributed by atoms with Crippen molar-refractivity contribution in [1.29, 1.82) is 63.1 Å². The van der Waals surface area contributed by atoms with Gasteiger partial charge in [0.25, 0.3) is 0 Å². The van der Waals surface area contributed by atoms with E-state index in [1.165, 1.54) is 0 Å². The van der Waals surface area contributed by atoms with Gasteiger partial charge in [0.2, 0.25) is 0 Å². The van der Waals surface area contributed by atoms with Crippen LogP contribution in [0.5, 0.6) is 0 Å². The van der Waals surface area contributed by atoms with Crippen LogP contribution in [0, 0.1) is 142 Å². The van der Waals surface area contributed by atoms with Crippen LogP contribution in [0.1, 0.15) is 0 Å². The van der Waals surface area contributed by atoms with Gasteiger partial charge in [-0.05, 0) is 0 Å². The maximum Gasteiger partial charge on any atom is 3.00 e. The fraction of sp³-hybridized carbons (Fsp3) is 0. The zero-order valence-electron chi connectivity index (χ0n) is 13.0. The van der Waals surface area contributed by atoms with Gasteiger partial charge in [0, 0.05) is 0 Å². The molecule has 0 aliphatic heterocycles. The van der Waals surface area contributed by atoms with Gasteiger partial charge in [-0.3, -0.25) is 0 Å². The van der Waals surface area contributed by atoms with Crippen molar-refractivity contribution in [3.05, 3.63) is 78.9 Å². The Hall–Kier alpha value is -3.59. The van der Waals surface area contributed by atoms with Gasteiger partial charge in [-0.2, -0.15) is 0 Å². The molecular weight excluding hydrogens is 607 g/mol. The first-order valence-corrected chi connectivity index (χ1v) is 2.68. The van der Waals surface area contributed by atoms with Crippen molar-refractivity contribution >= 4 is 0 Å². The van der Waals surface area contributed by atoms with E-state index in [4.69, 9.17) is 142 Å². The average Bonchev–Trinajstić information content (AvgIpc) is 2.84. The van der Waals surface area contributed by atoms with Crippen LogP contribution in [0.2, 0.25) is 0 Å². The quantitative estimate of drug-likeness (QED) is 0.351. The van der Waals surface area contributed by atoms with Crippen LogP contribution in [0.15, 0.2) is 0 Å². The molecule has 0 aliphatic carbocycles. The molecular formula is C12Co5N12. The molecule has 0 aromatic heterocycles. The molecule has 0 rings (SSSR count). The monoisotopic (exact) mass is 607 g/mol. The van der Waals surface area contributed by atoms with E-state index in [1.807, 2.05) is 0 Å². The summed E-state index contributed by atoms with van der Waals surface area (Å²) in [6, 6.07) is 0. The fourth-order valence-corrected chi connectivity index (χ4v) is 0. The summed E-state index contributed by atoms with van der Waals surface area (Å²) in [6.07, 6.45) is 0. The largest absolute Gasteiger partial charge is 3.00 e. The van der Waals surface area contributed by atoms with Crippen LogP contribution in [0.4, 0.5) is 0 Å². The maximum atomic E-state index is 6.25. The third kappa shape index (κ3) is 953. The Morgan fingerprint density at radius 1 is 0.172 bits per heavy atom. The van der Waals surface area contributed by atoms with Gasteiger partial charge in [-0.15, -0.1) is 0 Å². The number of rotatable bonds is 0. The van der Waals surface area contributed by atoms with Crippen molar-refractivity contribution < 1.29 is 83.9 Å². The van der Waals surface area contributed by atoms with E-state index in [2.05, 4.69) is 0 Å². The smallest absolute Gasteiger partial charge is 0.512 e. The Bertz CT molecular complexity index is 229. The van der Waals surface area contributed by atoms with Crippen LogP contribution in [0.3, 0.4) is 0 Å². The van der Waals surface area contributed by atoms with Gasteiger partial charge in [0.1, 0.15) is 0 Å². The molecule has 0 fully saturated rings. The molecule has 0 atom stereocenters. The molecule has 12 nitrogen and oxygen atoms in total. The zero-order valence-corrected chi connectivity index (χ0v) is 18.2. The van der Waals surface area contributed by atoms with Crippen LogP contribution < -0.4 is 0 Å². The van der Waals surface area contributed by atoms with E-state index in [9.17, 15) is 0 Å². The summed E-state index contributed by atoms with van der Waals surface area (Å²) >= 11 is 0. The van der Waals surface area contributed by atoms with Crippen LogP contribution in [-0.2, 0) is 83.9 Å². The predicted octanol–water partition coefficient (Wildman–Crippen LogP) is 1.14. The maximum absolute atomic E-state index is 6.25. The van der Waals surface area contributed by atoms with Crippen molar-refractivity contribution in [3.8, 4) is 0 Å². The van der Waals surface area contributed by atoms with E-state index >= 15 is 0 Å². The molecule has 0 unspecified atom stereocenters. The molecule has 0 aromatic carbocycles. The molecule has 0 N–H and O–H groups in total. The number of hydrogen-bond donors (Lipinski definition) is 0. The SMILES string of the molecule is [C-]#N.[C-]#N.[C-]#N.[C-]#N.[C-]#N.[C-]#N.[C-]#N.[C-]#N.[C-]#N.[C-]#N.[C-]#N.[C-]#N.[Co+2].[Co+2].[Co+2].[Co+3].[Co+3]. The second-order valence-corrected chi connectivity index (χ2v) is 0. The number of hydrogen-bond acceptors (Lipinski definition) is 12. The van der Waals surface area contributed by atoms with Gasteiger partial charge in [-0.1, -0.05) is 0 Å². The zero-order chi connectivity index (χ0) is 24.0. The fourth-order valence-electron chi connectivity index (χ4n) is 0. The first kappa shape index (κ1) is 214. The summed E-state index contributed by atoms with van der Waals surface area (Å²) < 4.78 is 0. The third-order valence-electron chi connectivity index (χ3n) is 0. The minimum Gasteiger partial charge on any atom is -0.512 e. The molecule has 0 aliphatic rings. The van der Waals surface area contributed by atoms with Gasteiger partial charge in [0.05, 0.1) is 0 Å². The molecule has 3 radical (unpaired) electrons. The standard InChI is InChI=1S/12CN.5Co/c12*1-2;;;;;/q12*-1;3*+2;2*+3. The van der Waals surface area contributed by atoms with Gasteiger partial charge >= 0.3 is 83.9 Å². The van der Waals surface area contributed by atoms with Crippen LogP contribution in [0.25, 0.3) is 0 Å². The third-order valence-corrected chi connectivity index (χ3v) is 0. The Balaban J connectivity index is -0.00000000356. The number of nitrogens with zero attached hydrogens (tertiary/aromatic N) is 12. The summed E-state index contributed by atoms with van der Waals surface area (Å²) in [4.78, 5) is 0. The second kappa shape index (κ2) is 1040. The second-order valence-electron chi connectivity index (χ2n) is 0. The normalized spacial score (nSPS) is 0.828. The van der Waals surface area contributed by atoms with E-state index in [0.29, 0.717) is 0 Å². The molecule has 0 heterocycles. The molecule has 0 amide bonds. The summed E-state index contributed by atoms with van der Waals surface area (Å²) in [6.45, 7) is 57.0. The summed E-state index contributed by atoms with van der Waals surface area (Å²) in [5.74, 6) is 0. The Kier molecular flexibility index (Phi) is 7670. The summed E-state index contributed by atoms with van der Waals surface area (Å²) in [7, 11) is 0. The summed E-state index contributed by atoms with van der Waals surface area (Å²) in [5.41, 5.74) is 0. The Morgan fingerprint density at radius 3 is 0.172 bits per heavy atom. The van der Waals surface area contributed by atoms with Gasteiger partial charge in [-0.25, -0.2) is 0 Å². The molecule has 153 valence electrons. The van der Waals surface area contributed by atoms with Crippen molar-refractivity contribution in [2.45, 2.75) is 0 Å². The minimum absolute atomic E-state index is 0. The van der Waals surface area contributed by atoms with Gasteiger partial charge < -0.3 is 142 Å². The first-order valence-electron chi connectivity index (χ1n) is 2.68. The Morgan fingerprint density at radius 2 is 0.172 bits per heavy atom. The van der Waals surface area contributed by atoms with E-state index in [0.717, 1.165) is 0 Å². The molecule has 0 saturated carbocycles. The molecule has 29 heavy (non-hydrogen) atoms. The Labute approximate surface area is 224 Å². The molecule has 17 heteroatoms. The van der Waals surface area contributed by atoms with Crippen molar-refractivity contribution in [2.75, 3.05) is 0 Å². The molecule has 0 aromatic rings. The van der Waals surface area contributed by atoms with Crippen molar-refractivity contribution in [1.82, 2.24) is 0 Å². The van der Waals surface area contributed by atoms with E-state index in [1.54, 1.807) is 0 Å². The first-order chi connectivity index (χ1) is 12.0.